The molecule has 0 N–H and O–H groups in total. The highest BCUT2D eigenvalue weighted by Gasteiger charge is 2.06. The second kappa shape index (κ2) is 8.09. The quantitative estimate of drug-likeness (QED) is 0.538. The van der Waals surface area contributed by atoms with Gasteiger partial charge in [-0.2, -0.15) is 0 Å². The minimum Gasteiger partial charge on any atom is -0.489 e. The number of benzene rings is 3. The molecule has 0 aromatic heterocycles. The second-order valence-electron chi connectivity index (χ2n) is 6.99. The van der Waals surface area contributed by atoms with Crippen molar-refractivity contribution in [1.82, 2.24) is 0 Å². The van der Waals surface area contributed by atoms with E-state index in [2.05, 4.69) is 76.2 Å². The van der Waals surface area contributed by atoms with Gasteiger partial charge in [-0.3, -0.25) is 0 Å². The first-order chi connectivity index (χ1) is 12.5. The van der Waals surface area contributed by atoms with E-state index in [9.17, 15) is 0 Å². The molecule has 0 aliphatic carbocycles. The Balaban J connectivity index is 1.69. The Bertz CT molecular complexity index is 781. The molecular weight excluding hydrogens is 320 g/mol. The van der Waals surface area contributed by atoms with Gasteiger partial charge >= 0.3 is 0 Å². The largest absolute Gasteiger partial charge is 0.489 e. The van der Waals surface area contributed by atoms with E-state index < -0.39 is 0 Å². The maximum absolute atomic E-state index is 6.03. The average Bonchev–Trinajstić information content (AvgIpc) is 2.57. The Morgan fingerprint density at radius 1 is 0.538 bits per heavy atom. The molecule has 0 fully saturated rings. The van der Waals surface area contributed by atoms with E-state index in [4.69, 9.17) is 9.47 Å². The lowest BCUT2D eigenvalue weighted by Gasteiger charge is -2.13. The van der Waals surface area contributed by atoms with Crippen LogP contribution in [0.5, 0.6) is 11.5 Å². The fourth-order valence-electron chi connectivity index (χ4n) is 3.19. The van der Waals surface area contributed by atoms with Crippen LogP contribution in [0.15, 0.2) is 60.7 Å². The van der Waals surface area contributed by atoms with Crippen molar-refractivity contribution in [3.8, 4) is 11.5 Å². The molecule has 0 heterocycles. The predicted molar refractivity (Wildman–Crippen MR) is 107 cm³/mol. The SMILES string of the molecule is Cc1cc(C)cc(OCc2ccccc2COc2cc(C)cc(C)c2)c1. The van der Waals surface area contributed by atoms with Gasteiger partial charge in [0.15, 0.2) is 0 Å². The third-order valence-electron chi connectivity index (χ3n) is 4.30. The Morgan fingerprint density at radius 2 is 0.885 bits per heavy atom. The fraction of sp³-hybridized carbons (Fsp3) is 0.250. The van der Waals surface area contributed by atoms with Crippen molar-refractivity contribution < 1.29 is 9.47 Å². The van der Waals surface area contributed by atoms with Crippen LogP contribution in [0.2, 0.25) is 0 Å². The van der Waals surface area contributed by atoms with Gasteiger partial charge in [0, 0.05) is 0 Å². The molecule has 0 saturated heterocycles. The maximum Gasteiger partial charge on any atom is 0.120 e. The van der Waals surface area contributed by atoms with Crippen LogP contribution >= 0.6 is 0 Å². The second-order valence-corrected chi connectivity index (χ2v) is 6.99. The summed E-state index contributed by atoms with van der Waals surface area (Å²) in [6.07, 6.45) is 0. The molecule has 3 aromatic rings. The Labute approximate surface area is 156 Å². The number of hydrogen-bond acceptors (Lipinski definition) is 2. The molecule has 26 heavy (non-hydrogen) atoms. The van der Waals surface area contributed by atoms with E-state index in [1.54, 1.807) is 0 Å². The number of ether oxygens (including phenoxy) is 2. The monoisotopic (exact) mass is 346 g/mol. The molecule has 0 saturated carbocycles. The van der Waals surface area contributed by atoms with E-state index >= 15 is 0 Å². The van der Waals surface area contributed by atoms with Crippen LogP contribution in [0.1, 0.15) is 33.4 Å². The summed E-state index contributed by atoms with van der Waals surface area (Å²) >= 11 is 0. The third kappa shape index (κ3) is 4.89. The summed E-state index contributed by atoms with van der Waals surface area (Å²) in [5.74, 6) is 1.82. The highest BCUT2D eigenvalue weighted by Crippen LogP contribution is 2.21. The summed E-state index contributed by atoms with van der Waals surface area (Å²) in [7, 11) is 0. The first-order valence-electron chi connectivity index (χ1n) is 8.98. The summed E-state index contributed by atoms with van der Waals surface area (Å²) in [5, 5.41) is 0. The van der Waals surface area contributed by atoms with Crippen LogP contribution in [0.4, 0.5) is 0 Å². The lowest BCUT2D eigenvalue weighted by Crippen LogP contribution is -2.04. The molecule has 0 bridgehead atoms. The van der Waals surface area contributed by atoms with Gasteiger partial charge in [0.25, 0.3) is 0 Å². The molecule has 0 radical (unpaired) electrons. The average molecular weight is 346 g/mol. The van der Waals surface area contributed by atoms with Gasteiger partial charge < -0.3 is 9.47 Å². The minimum absolute atomic E-state index is 0.537. The van der Waals surface area contributed by atoms with Crippen LogP contribution in [-0.4, -0.2) is 0 Å². The molecule has 2 nitrogen and oxygen atoms in total. The molecule has 0 amide bonds. The molecule has 134 valence electrons. The van der Waals surface area contributed by atoms with Crippen molar-refractivity contribution in [1.29, 1.82) is 0 Å². The molecule has 0 spiro atoms. The van der Waals surface area contributed by atoms with Crippen LogP contribution in [0.25, 0.3) is 0 Å². The summed E-state index contributed by atoms with van der Waals surface area (Å²) in [6.45, 7) is 9.43. The third-order valence-corrected chi connectivity index (χ3v) is 4.30. The van der Waals surface area contributed by atoms with Crippen LogP contribution in [0, 0.1) is 27.7 Å². The predicted octanol–water partition coefficient (Wildman–Crippen LogP) is 6.08. The first-order valence-corrected chi connectivity index (χ1v) is 8.98. The van der Waals surface area contributed by atoms with Crippen molar-refractivity contribution in [3.05, 3.63) is 94.0 Å². The van der Waals surface area contributed by atoms with E-state index in [1.807, 2.05) is 12.1 Å². The van der Waals surface area contributed by atoms with Gasteiger partial charge in [-0.25, -0.2) is 0 Å². The Kier molecular flexibility index (Phi) is 5.62. The molecule has 0 aliphatic rings. The summed E-state index contributed by atoms with van der Waals surface area (Å²) in [4.78, 5) is 0. The maximum atomic E-state index is 6.03. The van der Waals surface area contributed by atoms with Crippen molar-refractivity contribution >= 4 is 0 Å². The highest BCUT2D eigenvalue weighted by atomic mass is 16.5. The summed E-state index contributed by atoms with van der Waals surface area (Å²) < 4.78 is 12.1. The first kappa shape index (κ1) is 18.1. The molecule has 0 aliphatic heterocycles. The van der Waals surface area contributed by atoms with Crippen molar-refractivity contribution in [3.63, 3.8) is 0 Å². The van der Waals surface area contributed by atoms with Crippen molar-refractivity contribution in [2.24, 2.45) is 0 Å². The summed E-state index contributed by atoms with van der Waals surface area (Å²) in [6, 6.07) is 20.9. The Hall–Kier alpha value is -2.74. The number of hydrogen-bond donors (Lipinski definition) is 0. The molecule has 2 heteroatoms. The van der Waals surface area contributed by atoms with Crippen LogP contribution < -0.4 is 9.47 Å². The van der Waals surface area contributed by atoms with Gasteiger partial charge in [-0.15, -0.1) is 0 Å². The van der Waals surface area contributed by atoms with Crippen LogP contribution in [-0.2, 0) is 13.2 Å². The fourth-order valence-corrected chi connectivity index (χ4v) is 3.19. The molecular formula is C24H26O2. The van der Waals surface area contributed by atoms with Crippen molar-refractivity contribution in [2.45, 2.75) is 40.9 Å². The lowest BCUT2D eigenvalue weighted by molar-refractivity contribution is 0.285. The standard InChI is InChI=1S/C24H26O2/c1-17-9-18(2)12-23(11-17)25-15-21-7-5-6-8-22(21)16-26-24-13-19(3)10-20(4)14-24/h5-14H,15-16H2,1-4H3. The normalized spacial score (nSPS) is 10.6. The highest BCUT2D eigenvalue weighted by molar-refractivity contribution is 5.35. The van der Waals surface area contributed by atoms with Gasteiger partial charge in [0.1, 0.15) is 24.7 Å². The smallest absolute Gasteiger partial charge is 0.120 e. The van der Waals surface area contributed by atoms with E-state index in [1.165, 1.54) is 22.3 Å². The zero-order chi connectivity index (χ0) is 18.5. The van der Waals surface area contributed by atoms with E-state index in [-0.39, 0.29) is 0 Å². The van der Waals surface area contributed by atoms with Gasteiger partial charge in [0.2, 0.25) is 0 Å². The topological polar surface area (TPSA) is 18.5 Å². The molecule has 0 atom stereocenters. The minimum atomic E-state index is 0.537. The van der Waals surface area contributed by atoms with Crippen LogP contribution in [0.3, 0.4) is 0 Å². The van der Waals surface area contributed by atoms with Gasteiger partial charge in [-0.05, 0) is 85.3 Å². The molecule has 3 rings (SSSR count). The zero-order valence-electron chi connectivity index (χ0n) is 16.0. The molecule has 0 unspecified atom stereocenters. The van der Waals surface area contributed by atoms with E-state index in [0.717, 1.165) is 22.6 Å². The van der Waals surface area contributed by atoms with Gasteiger partial charge in [0.05, 0.1) is 0 Å². The van der Waals surface area contributed by atoms with Crippen molar-refractivity contribution in [2.75, 3.05) is 0 Å². The number of rotatable bonds is 6. The molecule has 3 aromatic carbocycles. The number of aryl methyl sites for hydroxylation is 4. The zero-order valence-corrected chi connectivity index (χ0v) is 16.0. The Morgan fingerprint density at radius 3 is 1.23 bits per heavy atom. The lowest BCUT2D eigenvalue weighted by atomic mass is 10.1. The van der Waals surface area contributed by atoms with Gasteiger partial charge in [-0.1, -0.05) is 36.4 Å². The summed E-state index contributed by atoms with van der Waals surface area (Å²) in [5.41, 5.74) is 7.16. The van der Waals surface area contributed by atoms with E-state index in [0.29, 0.717) is 13.2 Å².